The molecule has 6 heteroatoms. The van der Waals surface area contributed by atoms with Crippen LogP contribution in [0.15, 0.2) is 12.2 Å². The van der Waals surface area contributed by atoms with Crippen LogP contribution >= 0.6 is 0 Å². The highest BCUT2D eigenvalue weighted by atomic mass is 16.3. The number of aliphatic hydroxyl groups excluding tert-OH is 1. The molecule has 0 aromatic heterocycles. The number of aliphatic hydroxyl groups is 1. The van der Waals surface area contributed by atoms with E-state index >= 15 is 0 Å². The normalized spacial score (nSPS) is 17.3. The smallest absolute Gasteiger partial charge is 0.253 e. The average Bonchev–Trinajstić information content (AvgIpc) is 2.53. The number of carbonyl (C=O) groups is 3. The van der Waals surface area contributed by atoms with Gasteiger partial charge in [0.1, 0.15) is 12.5 Å². The highest BCUT2D eigenvalue weighted by molar-refractivity contribution is 6.12. The molecule has 82 valence electrons. The van der Waals surface area contributed by atoms with E-state index in [4.69, 9.17) is 0 Å². The Kier molecular flexibility index (Phi) is 4.14. The lowest BCUT2D eigenvalue weighted by Crippen LogP contribution is -2.37. The Bertz CT molecular complexity index is 282. The molecule has 1 aliphatic rings. The highest BCUT2D eigenvalue weighted by Gasteiger charge is 2.23. The molecule has 0 bridgehead atoms. The molecule has 1 atom stereocenters. The van der Waals surface area contributed by atoms with Gasteiger partial charge >= 0.3 is 0 Å². The first kappa shape index (κ1) is 11.5. The van der Waals surface area contributed by atoms with E-state index in [2.05, 4.69) is 5.32 Å². The third-order valence-electron chi connectivity index (χ3n) is 1.96. The van der Waals surface area contributed by atoms with Gasteiger partial charge in [-0.3, -0.25) is 19.8 Å². The quantitative estimate of drug-likeness (QED) is 0.315. The van der Waals surface area contributed by atoms with Crippen molar-refractivity contribution >= 4 is 18.1 Å². The molecule has 15 heavy (non-hydrogen) atoms. The van der Waals surface area contributed by atoms with Crippen LogP contribution in [0.3, 0.4) is 0 Å². The molecule has 1 rings (SSSR count). The average molecular weight is 212 g/mol. The molecule has 0 saturated heterocycles. The van der Waals surface area contributed by atoms with Crippen molar-refractivity contribution in [2.45, 2.75) is 12.6 Å². The van der Waals surface area contributed by atoms with Crippen molar-refractivity contribution in [1.82, 2.24) is 10.2 Å². The van der Waals surface area contributed by atoms with Crippen LogP contribution in [0.2, 0.25) is 0 Å². The summed E-state index contributed by atoms with van der Waals surface area (Å²) >= 11 is 0. The highest BCUT2D eigenvalue weighted by Crippen LogP contribution is 2.04. The second kappa shape index (κ2) is 5.38. The molecule has 1 unspecified atom stereocenters. The number of nitrogens with one attached hydrogen (secondary N) is 1. The number of aldehydes is 1. The number of carbonyl (C=O) groups excluding carboxylic acids is 3. The molecule has 2 amide bonds. The maximum absolute atomic E-state index is 11.1. The number of imide groups is 1. The fourth-order valence-electron chi connectivity index (χ4n) is 1.19. The summed E-state index contributed by atoms with van der Waals surface area (Å²) in [5.41, 5.74) is 0. The van der Waals surface area contributed by atoms with E-state index in [1.165, 1.54) is 12.2 Å². The molecule has 0 spiro atoms. The van der Waals surface area contributed by atoms with Crippen molar-refractivity contribution < 1.29 is 19.5 Å². The Balaban J connectivity index is 2.28. The van der Waals surface area contributed by atoms with Gasteiger partial charge in [0.15, 0.2) is 0 Å². The predicted octanol–water partition coefficient (Wildman–Crippen LogP) is -1.59. The van der Waals surface area contributed by atoms with E-state index in [0.29, 0.717) is 6.29 Å². The molecule has 0 aromatic rings. The topological polar surface area (TPSA) is 86.7 Å². The number of hydrogen-bond donors (Lipinski definition) is 2. The summed E-state index contributed by atoms with van der Waals surface area (Å²) in [7, 11) is 0. The Morgan fingerprint density at radius 3 is 2.53 bits per heavy atom. The summed E-state index contributed by atoms with van der Waals surface area (Å²) in [6, 6.07) is 0. The van der Waals surface area contributed by atoms with E-state index < -0.39 is 6.23 Å². The van der Waals surface area contributed by atoms with Crippen LogP contribution in [-0.4, -0.2) is 47.4 Å². The summed E-state index contributed by atoms with van der Waals surface area (Å²) in [5, 5.41) is 11.8. The fraction of sp³-hybridized carbons (Fsp3) is 0.444. The lowest BCUT2D eigenvalue weighted by atomic mass is 10.3. The van der Waals surface area contributed by atoms with Crippen LogP contribution in [0.4, 0.5) is 0 Å². The molecule has 2 N–H and O–H groups in total. The van der Waals surface area contributed by atoms with Gasteiger partial charge in [-0.25, -0.2) is 0 Å². The third kappa shape index (κ3) is 3.26. The predicted molar refractivity (Wildman–Crippen MR) is 50.6 cm³/mol. The first-order valence-corrected chi connectivity index (χ1v) is 4.53. The van der Waals surface area contributed by atoms with E-state index in [1.807, 2.05) is 0 Å². The van der Waals surface area contributed by atoms with Gasteiger partial charge < -0.3 is 9.90 Å². The van der Waals surface area contributed by atoms with Crippen molar-refractivity contribution in [3.63, 3.8) is 0 Å². The molecule has 0 fully saturated rings. The van der Waals surface area contributed by atoms with Gasteiger partial charge in [0.25, 0.3) is 11.8 Å². The summed E-state index contributed by atoms with van der Waals surface area (Å²) in [4.78, 5) is 33.1. The van der Waals surface area contributed by atoms with Crippen LogP contribution in [0.25, 0.3) is 0 Å². The number of nitrogens with zero attached hydrogens (tertiary/aromatic N) is 1. The van der Waals surface area contributed by atoms with Crippen molar-refractivity contribution in [2.24, 2.45) is 0 Å². The molecular formula is C9H12N2O4. The van der Waals surface area contributed by atoms with E-state index in [0.717, 1.165) is 4.90 Å². The maximum Gasteiger partial charge on any atom is 0.253 e. The second-order valence-electron chi connectivity index (χ2n) is 3.04. The largest absolute Gasteiger partial charge is 0.379 e. The van der Waals surface area contributed by atoms with Crippen LogP contribution in [0, 0.1) is 0 Å². The lowest BCUT2D eigenvalue weighted by Gasteiger charge is -2.16. The summed E-state index contributed by atoms with van der Waals surface area (Å²) in [6.07, 6.45) is 2.31. The molecule has 1 aliphatic heterocycles. The van der Waals surface area contributed by atoms with Gasteiger partial charge in [-0.2, -0.15) is 0 Å². The SMILES string of the molecule is O=CCNC(O)CCN1C(=O)C=CC1=O. The fourth-order valence-corrected chi connectivity index (χ4v) is 1.19. The minimum atomic E-state index is -0.892. The minimum Gasteiger partial charge on any atom is -0.379 e. The summed E-state index contributed by atoms with van der Waals surface area (Å²) < 4.78 is 0. The van der Waals surface area contributed by atoms with Gasteiger partial charge in [0.2, 0.25) is 0 Å². The van der Waals surface area contributed by atoms with Crippen molar-refractivity contribution in [3.05, 3.63) is 12.2 Å². The molecule has 6 nitrogen and oxygen atoms in total. The number of hydrogen-bond acceptors (Lipinski definition) is 5. The van der Waals surface area contributed by atoms with Crippen LogP contribution in [-0.2, 0) is 14.4 Å². The lowest BCUT2D eigenvalue weighted by molar-refractivity contribution is -0.137. The molecule has 0 saturated carbocycles. The molecular weight excluding hydrogens is 200 g/mol. The summed E-state index contributed by atoms with van der Waals surface area (Å²) in [6.45, 7) is 0.180. The Morgan fingerprint density at radius 1 is 1.40 bits per heavy atom. The summed E-state index contributed by atoms with van der Waals surface area (Å²) in [5.74, 6) is -0.745. The zero-order valence-corrected chi connectivity index (χ0v) is 8.05. The standard InChI is InChI=1S/C9H12N2O4/c12-6-4-10-7(13)3-5-11-8(14)1-2-9(11)15/h1-2,6-7,10,13H,3-5H2. The van der Waals surface area contributed by atoms with Gasteiger partial charge in [-0.05, 0) is 0 Å². The third-order valence-corrected chi connectivity index (χ3v) is 1.96. The van der Waals surface area contributed by atoms with Crippen molar-refractivity contribution in [2.75, 3.05) is 13.1 Å². The molecule has 0 aliphatic carbocycles. The van der Waals surface area contributed by atoms with E-state index in [-0.39, 0.29) is 31.3 Å². The zero-order chi connectivity index (χ0) is 11.3. The van der Waals surface area contributed by atoms with Gasteiger partial charge in [0, 0.05) is 25.1 Å². The molecule has 0 aromatic carbocycles. The Hall–Kier alpha value is -1.53. The van der Waals surface area contributed by atoms with Crippen LogP contribution in [0.5, 0.6) is 0 Å². The molecule has 1 heterocycles. The first-order valence-electron chi connectivity index (χ1n) is 4.53. The Morgan fingerprint density at radius 2 is 2.00 bits per heavy atom. The van der Waals surface area contributed by atoms with E-state index in [1.54, 1.807) is 0 Å². The van der Waals surface area contributed by atoms with Crippen molar-refractivity contribution in [3.8, 4) is 0 Å². The number of rotatable bonds is 6. The monoisotopic (exact) mass is 212 g/mol. The molecule has 0 radical (unpaired) electrons. The zero-order valence-electron chi connectivity index (χ0n) is 8.05. The second-order valence-corrected chi connectivity index (χ2v) is 3.04. The minimum absolute atomic E-state index is 0.0430. The maximum atomic E-state index is 11.1. The Labute approximate surface area is 86.6 Å². The number of amides is 2. The van der Waals surface area contributed by atoms with Gasteiger partial charge in [-0.15, -0.1) is 0 Å². The van der Waals surface area contributed by atoms with Crippen LogP contribution in [0.1, 0.15) is 6.42 Å². The first-order chi connectivity index (χ1) is 7.15. The van der Waals surface area contributed by atoms with Crippen molar-refractivity contribution in [1.29, 1.82) is 0 Å². The van der Waals surface area contributed by atoms with E-state index in [9.17, 15) is 19.5 Å². The van der Waals surface area contributed by atoms with Crippen LogP contribution < -0.4 is 5.32 Å². The van der Waals surface area contributed by atoms with Gasteiger partial charge in [0.05, 0.1) is 6.54 Å². The van der Waals surface area contributed by atoms with Gasteiger partial charge in [-0.1, -0.05) is 0 Å².